The normalized spacial score (nSPS) is 21.5. The van der Waals surface area contributed by atoms with E-state index in [1.54, 1.807) is 20.6 Å². The van der Waals surface area contributed by atoms with Crippen molar-refractivity contribution >= 4 is 0 Å². The summed E-state index contributed by atoms with van der Waals surface area (Å²) in [5.74, 6) is 0. The Kier molecular flexibility index (Phi) is 2.95. The van der Waals surface area contributed by atoms with Gasteiger partial charge in [-0.15, -0.1) is 0 Å². The van der Waals surface area contributed by atoms with Gasteiger partial charge in [-0.05, 0) is 0 Å². The van der Waals surface area contributed by atoms with Crippen molar-refractivity contribution in [2.75, 3.05) is 0 Å². The van der Waals surface area contributed by atoms with E-state index < -0.39 is 17.9 Å². The minimum atomic E-state index is -0.908. The summed E-state index contributed by atoms with van der Waals surface area (Å²) in [4.78, 5) is 0. The second kappa shape index (κ2) is 3.40. The van der Waals surface area contributed by atoms with Crippen molar-refractivity contribution in [3.63, 3.8) is 0 Å². The van der Waals surface area contributed by atoms with Crippen LogP contribution in [0, 0.1) is 5.41 Å². The van der Waals surface area contributed by atoms with Crippen molar-refractivity contribution in [3.05, 3.63) is 20.6 Å². The molecule has 0 aliphatic heterocycles. The molecule has 0 saturated carbocycles. The summed E-state index contributed by atoms with van der Waals surface area (Å²) in [6, 6.07) is 0. The van der Waals surface area contributed by atoms with Crippen LogP contribution < -0.4 is 0 Å². The molecule has 0 bridgehead atoms. The molecule has 1 aliphatic rings. The molecule has 0 aromatic carbocycles. The number of allylic oxidation sites excluding steroid dienone is 4. The van der Waals surface area contributed by atoms with Gasteiger partial charge in [-0.2, -0.15) is 0 Å². The van der Waals surface area contributed by atoms with Crippen LogP contribution in [0.3, 0.4) is 0 Å². The zero-order valence-corrected chi connectivity index (χ0v) is 11.6. The predicted molar refractivity (Wildman–Crippen MR) is 56.6 cm³/mol. The van der Waals surface area contributed by atoms with E-state index in [9.17, 15) is 0 Å². The molecule has 73 valence electrons. The van der Waals surface area contributed by atoms with Gasteiger partial charge in [0, 0.05) is 0 Å². The van der Waals surface area contributed by atoms with Crippen molar-refractivity contribution in [1.82, 2.24) is 0 Å². The molecular weight excluding hydrogens is 192 g/mol. The molecule has 0 aromatic heterocycles. The number of hydrogen-bond acceptors (Lipinski definition) is 0. The van der Waals surface area contributed by atoms with Gasteiger partial charge < -0.3 is 0 Å². The van der Waals surface area contributed by atoms with Crippen molar-refractivity contribution in [2.45, 2.75) is 45.1 Å². The topological polar surface area (TPSA) is 0 Å². The summed E-state index contributed by atoms with van der Waals surface area (Å²) in [7, 11) is 0. The van der Waals surface area contributed by atoms with Gasteiger partial charge in [-0.1, -0.05) is 0 Å². The third kappa shape index (κ3) is 1.59. The first kappa shape index (κ1) is 11.3. The van der Waals surface area contributed by atoms with E-state index in [1.165, 1.54) is 0 Å². The maximum absolute atomic E-state index is 2.46. The zero-order valence-electron chi connectivity index (χ0n) is 10.0. The Bertz CT molecular complexity index is 290. The molecule has 0 spiro atoms. The average Bonchev–Trinajstić information content (AvgIpc) is 2.12. The van der Waals surface area contributed by atoms with Crippen LogP contribution in [0.4, 0.5) is 0 Å². The van der Waals surface area contributed by atoms with Crippen LogP contribution in [0.2, 0.25) is 10.5 Å². The fourth-order valence-electron chi connectivity index (χ4n) is 2.59. The van der Waals surface area contributed by atoms with Gasteiger partial charge >= 0.3 is 89.0 Å². The molecule has 0 radical (unpaired) electrons. The first-order valence-corrected chi connectivity index (χ1v) is 8.90. The van der Waals surface area contributed by atoms with E-state index in [0.29, 0.717) is 5.41 Å². The van der Waals surface area contributed by atoms with E-state index in [4.69, 9.17) is 0 Å². The fraction of sp³-hybridized carbons (Fsp3) is 0.667. The van der Waals surface area contributed by atoms with Crippen LogP contribution >= 0.6 is 0 Å². The van der Waals surface area contributed by atoms with Crippen LogP contribution in [0.25, 0.3) is 0 Å². The average molecular weight is 213 g/mol. The summed E-state index contributed by atoms with van der Waals surface area (Å²) in [6.07, 6.45) is 0. The summed E-state index contributed by atoms with van der Waals surface area (Å²) >= 11 is -0.908. The summed E-state index contributed by atoms with van der Waals surface area (Å²) in [5, 5.41) is 4.93. The number of rotatable bonds is 1. The molecule has 0 N–H and O–H groups in total. The summed E-state index contributed by atoms with van der Waals surface area (Å²) < 4.78 is 1.79. The Morgan fingerprint density at radius 2 is 1.38 bits per heavy atom. The Hall–Kier alpha value is 0.194. The molecule has 0 unspecified atom stereocenters. The van der Waals surface area contributed by atoms with Crippen LogP contribution in [-0.4, -0.2) is 0 Å². The van der Waals surface area contributed by atoms with Crippen LogP contribution in [0.1, 0.15) is 34.6 Å². The number of hydrogen-bond donors (Lipinski definition) is 0. The first-order chi connectivity index (χ1) is 5.80. The van der Waals surface area contributed by atoms with Crippen molar-refractivity contribution < 1.29 is 17.9 Å². The summed E-state index contributed by atoms with van der Waals surface area (Å²) in [5.41, 5.74) is 5.11. The van der Waals surface area contributed by atoms with Gasteiger partial charge in [0.05, 0.1) is 0 Å². The predicted octanol–water partition coefficient (Wildman–Crippen LogP) is 4.35. The van der Waals surface area contributed by atoms with Crippen LogP contribution in [0.15, 0.2) is 20.6 Å². The monoisotopic (exact) mass is 213 g/mol. The van der Waals surface area contributed by atoms with Crippen molar-refractivity contribution in [1.29, 1.82) is 0 Å². The standard InChI is InChI=1S/C10H15.2CH3.Ti/c1-7-6-10(4,5)9(3)8(7)2;;;/h1-5H3;2*1H3;. The van der Waals surface area contributed by atoms with E-state index in [-0.39, 0.29) is 0 Å². The minimum absolute atomic E-state index is 0.368. The van der Waals surface area contributed by atoms with Gasteiger partial charge in [-0.3, -0.25) is 0 Å². The van der Waals surface area contributed by atoms with E-state index in [0.717, 1.165) is 0 Å². The molecular formula is C12H21Ti. The van der Waals surface area contributed by atoms with Crippen LogP contribution in [-0.2, 0) is 17.9 Å². The molecule has 0 fully saturated rings. The maximum atomic E-state index is 2.46. The quantitative estimate of drug-likeness (QED) is 0.568. The third-order valence-corrected chi connectivity index (χ3v) is 6.69. The van der Waals surface area contributed by atoms with Gasteiger partial charge in [0.1, 0.15) is 0 Å². The van der Waals surface area contributed by atoms with E-state index >= 15 is 0 Å². The van der Waals surface area contributed by atoms with Crippen molar-refractivity contribution in [2.24, 2.45) is 5.41 Å². The Morgan fingerprint density at radius 1 is 0.923 bits per heavy atom. The molecule has 1 rings (SSSR count). The van der Waals surface area contributed by atoms with Gasteiger partial charge in [0.25, 0.3) is 0 Å². The Labute approximate surface area is 88.9 Å². The third-order valence-electron chi connectivity index (χ3n) is 3.56. The fourth-order valence-corrected chi connectivity index (χ4v) is 6.30. The molecule has 0 saturated heterocycles. The van der Waals surface area contributed by atoms with Crippen LogP contribution in [0.5, 0.6) is 0 Å². The second-order valence-electron chi connectivity index (χ2n) is 4.88. The molecule has 0 amide bonds. The zero-order chi connectivity index (χ0) is 10.4. The Morgan fingerprint density at radius 3 is 1.54 bits per heavy atom. The summed E-state index contributed by atoms with van der Waals surface area (Å²) in [6.45, 7) is 11.7. The van der Waals surface area contributed by atoms with E-state index in [2.05, 4.69) is 45.1 Å². The van der Waals surface area contributed by atoms with Gasteiger partial charge in [-0.25, -0.2) is 0 Å². The first-order valence-electron chi connectivity index (χ1n) is 5.00. The Balaban J connectivity index is 3.28. The molecule has 1 aliphatic carbocycles. The second-order valence-corrected chi connectivity index (χ2v) is 8.78. The molecule has 0 aromatic rings. The SMILES string of the molecule is CC1=C(C)C(C)(C)[C]([Ti]([CH3])[CH3])=C1C. The van der Waals surface area contributed by atoms with Gasteiger partial charge in [0.15, 0.2) is 0 Å². The molecule has 0 atom stereocenters. The molecule has 0 nitrogen and oxygen atoms in total. The van der Waals surface area contributed by atoms with E-state index in [1.807, 2.05) is 0 Å². The molecule has 1 heteroatoms. The van der Waals surface area contributed by atoms with Gasteiger partial charge in [0.2, 0.25) is 0 Å². The molecule has 13 heavy (non-hydrogen) atoms. The molecule has 0 heterocycles. The van der Waals surface area contributed by atoms with Crippen molar-refractivity contribution in [3.8, 4) is 0 Å².